The van der Waals surface area contributed by atoms with Crippen LogP contribution >= 0.6 is 11.3 Å². The van der Waals surface area contributed by atoms with E-state index in [2.05, 4.69) is 0 Å². The Morgan fingerprint density at radius 2 is 2.18 bits per heavy atom. The normalized spacial score (nSPS) is 17.9. The van der Waals surface area contributed by atoms with Crippen LogP contribution in [0, 0.1) is 0 Å². The van der Waals surface area contributed by atoms with Crippen molar-refractivity contribution in [3.63, 3.8) is 0 Å². The summed E-state index contributed by atoms with van der Waals surface area (Å²) in [4.78, 5) is 22.1. The molecule has 1 fully saturated rings. The number of aliphatic carboxylic acids is 1. The van der Waals surface area contributed by atoms with Crippen molar-refractivity contribution in [1.82, 2.24) is 0 Å². The number of hydrogen-bond donors (Lipinski definition) is 1. The van der Waals surface area contributed by atoms with Crippen LogP contribution in [-0.2, 0) is 10.2 Å². The fraction of sp³-hybridized carbons (Fsp3) is 0.333. The molecule has 1 aliphatic rings. The molecule has 2 aromatic rings. The average molecular weight is 250 g/mol. The molecular formula is C12H10O4S. The fourth-order valence-corrected chi connectivity index (χ4v) is 3.03. The molecule has 1 aromatic heterocycles. The molecule has 1 aromatic carbocycles. The molecule has 3 rings (SSSR count). The van der Waals surface area contributed by atoms with Gasteiger partial charge in [-0.1, -0.05) is 23.8 Å². The minimum Gasteiger partial charge on any atom is -0.481 e. The van der Waals surface area contributed by atoms with Gasteiger partial charge in [-0.15, -0.1) is 0 Å². The van der Waals surface area contributed by atoms with Crippen molar-refractivity contribution >= 4 is 27.6 Å². The average Bonchev–Trinajstić information content (AvgIpc) is 2.54. The zero-order valence-electron chi connectivity index (χ0n) is 8.93. The third-order valence-corrected chi connectivity index (χ3v) is 4.29. The van der Waals surface area contributed by atoms with E-state index in [0.717, 1.165) is 28.0 Å². The van der Waals surface area contributed by atoms with Crippen LogP contribution in [0.2, 0.25) is 0 Å². The Morgan fingerprint density at radius 1 is 1.41 bits per heavy atom. The second-order valence-electron chi connectivity index (χ2n) is 4.36. The predicted molar refractivity (Wildman–Crippen MR) is 63.5 cm³/mol. The Bertz CT molecular complexity index is 648. The summed E-state index contributed by atoms with van der Waals surface area (Å²) in [6.45, 7) is 0. The van der Waals surface area contributed by atoms with Crippen molar-refractivity contribution in [3.8, 4) is 0 Å². The molecule has 4 nitrogen and oxygen atoms in total. The highest BCUT2D eigenvalue weighted by atomic mass is 32.1. The van der Waals surface area contributed by atoms with E-state index in [0.29, 0.717) is 18.4 Å². The summed E-state index contributed by atoms with van der Waals surface area (Å²) in [5.41, 5.74) is 0.561. The van der Waals surface area contributed by atoms with Crippen LogP contribution in [0.5, 0.6) is 0 Å². The largest absolute Gasteiger partial charge is 0.481 e. The minimum atomic E-state index is -0.779. The van der Waals surface area contributed by atoms with E-state index >= 15 is 0 Å². The lowest BCUT2D eigenvalue weighted by Gasteiger charge is -2.38. The van der Waals surface area contributed by atoms with Crippen molar-refractivity contribution in [3.05, 3.63) is 33.5 Å². The molecule has 5 heteroatoms. The summed E-state index contributed by atoms with van der Waals surface area (Å²) < 4.78 is 5.69. The predicted octanol–water partition coefficient (Wildman–Crippen LogP) is 2.36. The van der Waals surface area contributed by atoms with Crippen LogP contribution in [0.25, 0.3) is 10.3 Å². The lowest BCUT2D eigenvalue weighted by molar-refractivity contribution is -0.147. The minimum absolute atomic E-state index is 0.352. The zero-order chi connectivity index (χ0) is 12.0. The Labute approximate surface area is 100 Å². The van der Waals surface area contributed by atoms with Gasteiger partial charge in [-0.2, -0.15) is 0 Å². The number of rotatable bonds is 2. The summed E-state index contributed by atoms with van der Waals surface area (Å²) in [6, 6.07) is 5.22. The maximum Gasteiger partial charge on any atom is 0.396 e. The van der Waals surface area contributed by atoms with Crippen molar-refractivity contribution in [1.29, 1.82) is 0 Å². The van der Waals surface area contributed by atoms with Crippen molar-refractivity contribution in [2.24, 2.45) is 0 Å². The first kappa shape index (κ1) is 10.5. The van der Waals surface area contributed by atoms with E-state index in [1.807, 2.05) is 0 Å². The first-order valence-electron chi connectivity index (χ1n) is 5.39. The maximum absolute atomic E-state index is 11.4. The molecule has 17 heavy (non-hydrogen) atoms. The highest BCUT2D eigenvalue weighted by Gasteiger charge is 2.46. The first-order chi connectivity index (χ1) is 8.12. The first-order valence-corrected chi connectivity index (χ1v) is 6.21. The molecule has 0 amide bonds. The van der Waals surface area contributed by atoms with Gasteiger partial charge in [-0.3, -0.25) is 4.79 Å². The van der Waals surface area contributed by atoms with Gasteiger partial charge in [0.1, 0.15) is 5.58 Å². The van der Waals surface area contributed by atoms with Gasteiger partial charge >= 0.3 is 10.9 Å². The van der Waals surface area contributed by atoms with Gasteiger partial charge < -0.3 is 9.52 Å². The molecule has 1 heterocycles. The molecule has 1 saturated carbocycles. The molecule has 0 atom stereocenters. The molecular weight excluding hydrogens is 240 g/mol. The van der Waals surface area contributed by atoms with Crippen LogP contribution in [-0.4, -0.2) is 11.1 Å². The van der Waals surface area contributed by atoms with Crippen LogP contribution in [0.4, 0.5) is 0 Å². The highest BCUT2D eigenvalue weighted by molar-refractivity contribution is 7.16. The molecule has 0 unspecified atom stereocenters. The highest BCUT2D eigenvalue weighted by Crippen LogP contribution is 2.44. The number of carboxylic acid groups (broad SMARTS) is 1. The lowest BCUT2D eigenvalue weighted by atomic mass is 9.64. The third kappa shape index (κ3) is 1.42. The van der Waals surface area contributed by atoms with Crippen LogP contribution in [0.3, 0.4) is 0 Å². The van der Waals surface area contributed by atoms with E-state index in [1.165, 1.54) is 0 Å². The summed E-state index contributed by atoms with van der Waals surface area (Å²) in [5, 5.41) is 9.33. The molecule has 1 N–H and O–H groups in total. The number of hydrogen-bond acceptors (Lipinski definition) is 4. The van der Waals surface area contributed by atoms with E-state index in [-0.39, 0.29) is 4.94 Å². The van der Waals surface area contributed by atoms with Gasteiger partial charge in [0.05, 0.1) is 10.1 Å². The van der Waals surface area contributed by atoms with Gasteiger partial charge in [0.15, 0.2) is 0 Å². The quantitative estimate of drug-likeness (QED) is 0.888. The molecule has 0 spiro atoms. The Morgan fingerprint density at radius 3 is 2.76 bits per heavy atom. The van der Waals surface area contributed by atoms with E-state index in [9.17, 15) is 14.7 Å². The summed E-state index contributed by atoms with van der Waals surface area (Å²) in [5.74, 6) is -0.779. The summed E-state index contributed by atoms with van der Waals surface area (Å²) in [6.07, 6.45) is 2.27. The van der Waals surface area contributed by atoms with Gasteiger partial charge in [0, 0.05) is 0 Å². The summed E-state index contributed by atoms with van der Waals surface area (Å²) >= 11 is 1.01. The van der Waals surface area contributed by atoms with Crippen molar-refractivity contribution in [2.75, 3.05) is 0 Å². The molecule has 0 aliphatic heterocycles. The molecule has 0 bridgehead atoms. The van der Waals surface area contributed by atoms with Gasteiger partial charge in [-0.05, 0) is 30.5 Å². The maximum atomic E-state index is 11.4. The second kappa shape index (κ2) is 3.43. The molecule has 0 saturated heterocycles. The third-order valence-electron chi connectivity index (χ3n) is 3.50. The van der Waals surface area contributed by atoms with E-state index in [4.69, 9.17) is 4.42 Å². The van der Waals surface area contributed by atoms with Gasteiger partial charge in [-0.25, -0.2) is 4.79 Å². The topological polar surface area (TPSA) is 67.5 Å². The van der Waals surface area contributed by atoms with E-state index in [1.54, 1.807) is 18.2 Å². The zero-order valence-corrected chi connectivity index (χ0v) is 9.75. The molecule has 1 aliphatic carbocycles. The number of fused-ring (bicyclic) bond motifs is 1. The Kier molecular flexibility index (Phi) is 2.13. The van der Waals surface area contributed by atoms with E-state index < -0.39 is 11.4 Å². The molecule has 88 valence electrons. The fourth-order valence-electron chi connectivity index (χ4n) is 2.33. The number of carbonyl (C=O) groups is 1. The van der Waals surface area contributed by atoms with Crippen LogP contribution in [0.1, 0.15) is 24.8 Å². The van der Waals surface area contributed by atoms with Crippen molar-refractivity contribution < 1.29 is 14.3 Å². The van der Waals surface area contributed by atoms with Gasteiger partial charge in [0.2, 0.25) is 0 Å². The Hall–Kier alpha value is -1.62. The SMILES string of the molecule is O=C(O)C1(c2ccc3oc(=O)sc3c2)CCC1. The second-order valence-corrected chi connectivity index (χ2v) is 5.33. The standard InChI is InChI=1S/C12H10O4S/c13-10(14)12(4-1-5-12)7-2-3-8-9(6-7)17-11(15)16-8/h2-3,6H,1,4-5H2,(H,13,14). The Balaban J connectivity index is 2.17. The monoisotopic (exact) mass is 250 g/mol. The smallest absolute Gasteiger partial charge is 0.396 e. The van der Waals surface area contributed by atoms with Gasteiger partial charge in [0.25, 0.3) is 0 Å². The number of carboxylic acids is 1. The van der Waals surface area contributed by atoms with Crippen LogP contribution in [0.15, 0.2) is 27.4 Å². The molecule has 0 radical (unpaired) electrons. The summed E-state index contributed by atoms with van der Waals surface area (Å²) in [7, 11) is 0. The lowest BCUT2D eigenvalue weighted by Crippen LogP contribution is -2.42. The number of benzene rings is 1. The van der Waals surface area contributed by atoms with Crippen LogP contribution < -0.4 is 4.94 Å². The van der Waals surface area contributed by atoms with Crippen molar-refractivity contribution in [2.45, 2.75) is 24.7 Å².